The molecule has 20 heavy (non-hydrogen) atoms. The van der Waals surface area contributed by atoms with Crippen molar-refractivity contribution in [2.24, 2.45) is 5.92 Å². The Morgan fingerprint density at radius 2 is 2.10 bits per heavy atom. The molecule has 0 radical (unpaired) electrons. The summed E-state index contributed by atoms with van der Waals surface area (Å²) in [7, 11) is 0. The summed E-state index contributed by atoms with van der Waals surface area (Å²) in [5.74, 6) is 1.80. The van der Waals surface area contributed by atoms with E-state index in [1.165, 1.54) is 25.8 Å². The van der Waals surface area contributed by atoms with Gasteiger partial charge in [-0.05, 0) is 43.9 Å². The number of aromatic nitrogens is 3. The van der Waals surface area contributed by atoms with Crippen LogP contribution in [0.25, 0.3) is 11.2 Å². The summed E-state index contributed by atoms with van der Waals surface area (Å²) in [5, 5.41) is 3.65. The number of pyridine rings is 1. The number of nitrogens with zero attached hydrogens (tertiary/aromatic N) is 4. The Kier molecular flexibility index (Phi) is 2.99. The molecular weight excluding hydrogens is 250 g/mol. The van der Waals surface area contributed by atoms with Gasteiger partial charge in [-0.2, -0.15) is 0 Å². The molecule has 0 spiro atoms. The van der Waals surface area contributed by atoms with Crippen molar-refractivity contribution in [3.63, 3.8) is 0 Å². The number of hydrogen-bond donors (Lipinski definition) is 1. The minimum atomic E-state index is 0.709. The van der Waals surface area contributed by atoms with Gasteiger partial charge in [-0.15, -0.1) is 0 Å². The van der Waals surface area contributed by atoms with Gasteiger partial charge >= 0.3 is 0 Å². The fraction of sp³-hybridized carbons (Fsp3) is 0.533. The van der Waals surface area contributed by atoms with Gasteiger partial charge in [-0.1, -0.05) is 0 Å². The first-order chi connectivity index (χ1) is 9.90. The van der Waals surface area contributed by atoms with E-state index < -0.39 is 0 Å². The number of piperidine rings is 2. The first kappa shape index (κ1) is 12.0. The smallest absolute Gasteiger partial charge is 0.180 e. The zero-order valence-corrected chi connectivity index (χ0v) is 11.5. The fourth-order valence-electron chi connectivity index (χ4n) is 3.47. The second-order valence-corrected chi connectivity index (χ2v) is 5.77. The Morgan fingerprint density at radius 1 is 1.15 bits per heavy atom. The quantitative estimate of drug-likeness (QED) is 0.852. The first-order valence-electron chi connectivity index (χ1n) is 7.46. The van der Waals surface area contributed by atoms with Crippen molar-refractivity contribution in [1.29, 1.82) is 0 Å². The van der Waals surface area contributed by atoms with Gasteiger partial charge in [-0.3, -0.25) is 4.98 Å². The number of rotatable bonds is 1. The Hall–Kier alpha value is -1.75. The van der Waals surface area contributed by atoms with Crippen LogP contribution in [0.4, 0.5) is 5.82 Å². The lowest BCUT2D eigenvalue weighted by Crippen LogP contribution is -2.52. The molecule has 2 atom stereocenters. The summed E-state index contributed by atoms with van der Waals surface area (Å²) in [5.41, 5.74) is 1.61. The van der Waals surface area contributed by atoms with Crippen LogP contribution >= 0.6 is 0 Å². The molecule has 4 rings (SSSR count). The summed E-state index contributed by atoms with van der Waals surface area (Å²) in [6.45, 7) is 3.37. The molecule has 4 heterocycles. The van der Waals surface area contributed by atoms with Crippen LogP contribution in [-0.2, 0) is 0 Å². The Bertz CT molecular complexity index is 614. The van der Waals surface area contributed by atoms with E-state index in [-0.39, 0.29) is 0 Å². The third kappa shape index (κ3) is 2.12. The molecule has 0 aliphatic carbocycles. The number of fused-ring (bicyclic) bond motifs is 2. The van der Waals surface area contributed by atoms with E-state index in [4.69, 9.17) is 0 Å². The van der Waals surface area contributed by atoms with E-state index >= 15 is 0 Å². The van der Waals surface area contributed by atoms with Crippen molar-refractivity contribution in [3.05, 3.63) is 24.5 Å². The van der Waals surface area contributed by atoms with Crippen LogP contribution in [0.1, 0.15) is 19.3 Å². The van der Waals surface area contributed by atoms with Crippen molar-refractivity contribution in [2.75, 3.05) is 24.5 Å². The minimum Gasteiger partial charge on any atom is -0.356 e. The van der Waals surface area contributed by atoms with E-state index in [1.807, 2.05) is 6.07 Å². The molecule has 0 aromatic carbocycles. The molecule has 0 bridgehead atoms. The highest BCUT2D eigenvalue weighted by Gasteiger charge is 2.31. The number of nitrogens with one attached hydrogen (secondary N) is 1. The first-order valence-corrected chi connectivity index (χ1v) is 7.46. The molecule has 2 aliphatic heterocycles. The largest absolute Gasteiger partial charge is 0.356 e. The molecule has 104 valence electrons. The number of hydrogen-bond acceptors (Lipinski definition) is 5. The van der Waals surface area contributed by atoms with Crippen molar-refractivity contribution >= 4 is 17.0 Å². The second-order valence-electron chi connectivity index (χ2n) is 5.77. The van der Waals surface area contributed by atoms with E-state index in [2.05, 4.69) is 31.2 Å². The van der Waals surface area contributed by atoms with Gasteiger partial charge in [0.1, 0.15) is 11.3 Å². The van der Waals surface area contributed by atoms with Crippen LogP contribution in [0.2, 0.25) is 0 Å². The predicted octanol–water partition coefficient (Wildman–Crippen LogP) is 1.60. The Morgan fingerprint density at radius 3 is 3.10 bits per heavy atom. The maximum absolute atomic E-state index is 4.67. The normalized spacial score (nSPS) is 26.5. The van der Waals surface area contributed by atoms with Gasteiger partial charge in [0, 0.05) is 31.5 Å². The highest BCUT2D eigenvalue weighted by atomic mass is 15.2. The molecule has 2 aliphatic rings. The van der Waals surface area contributed by atoms with E-state index in [9.17, 15) is 0 Å². The lowest BCUT2D eigenvalue weighted by Gasteiger charge is -2.42. The van der Waals surface area contributed by atoms with Crippen LogP contribution in [0, 0.1) is 5.92 Å². The predicted molar refractivity (Wildman–Crippen MR) is 78.7 cm³/mol. The average Bonchev–Trinajstić information content (AvgIpc) is 2.54. The van der Waals surface area contributed by atoms with Crippen LogP contribution in [0.15, 0.2) is 24.5 Å². The lowest BCUT2D eigenvalue weighted by atomic mass is 9.85. The highest BCUT2D eigenvalue weighted by Crippen LogP contribution is 2.27. The molecule has 2 saturated heterocycles. The zero-order valence-electron chi connectivity index (χ0n) is 11.5. The molecular formula is C15H19N5. The van der Waals surface area contributed by atoms with Gasteiger partial charge in [0.15, 0.2) is 5.65 Å². The molecule has 2 fully saturated rings. The topological polar surface area (TPSA) is 53.9 Å². The lowest BCUT2D eigenvalue weighted by molar-refractivity contribution is 0.244. The summed E-state index contributed by atoms with van der Waals surface area (Å²) < 4.78 is 0. The maximum Gasteiger partial charge on any atom is 0.180 e. The summed E-state index contributed by atoms with van der Waals surface area (Å²) >= 11 is 0. The molecule has 5 heteroatoms. The molecule has 2 aromatic rings. The summed E-state index contributed by atoms with van der Waals surface area (Å²) in [6.07, 6.45) is 7.26. The molecule has 5 nitrogen and oxygen atoms in total. The van der Waals surface area contributed by atoms with Gasteiger partial charge in [0.05, 0.1) is 0 Å². The third-order valence-electron chi connectivity index (χ3n) is 4.53. The molecule has 0 saturated carbocycles. The Labute approximate surface area is 118 Å². The zero-order chi connectivity index (χ0) is 13.4. The highest BCUT2D eigenvalue weighted by molar-refractivity contribution is 5.71. The average molecular weight is 269 g/mol. The van der Waals surface area contributed by atoms with Crippen molar-refractivity contribution < 1.29 is 0 Å². The maximum atomic E-state index is 4.67. The summed E-state index contributed by atoms with van der Waals surface area (Å²) in [6, 6.07) is 4.81. The third-order valence-corrected chi connectivity index (χ3v) is 4.53. The van der Waals surface area contributed by atoms with E-state index in [0.717, 1.165) is 36.0 Å². The van der Waals surface area contributed by atoms with Crippen LogP contribution in [0.3, 0.4) is 0 Å². The second kappa shape index (κ2) is 4.98. The molecule has 0 amide bonds. The SMILES string of the molecule is c1cnc2nc(N3CCC4NCCCC4C3)ccc2n1. The summed E-state index contributed by atoms with van der Waals surface area (Å²) in [4.78, 5) is 15.7. The standard InChI is InChI=1S/C15H19N5/c1-2-11-10-20(9-5-12(11)16-6-1)14-4-3-13-15(19-14)18-8-7-17-13/h3-4,7-8,11-12,16H,1-2,5-6,9-10H2. The van der Waals surface area contributed by atoms with Crippen molar-refractivity contribution in [2.45, 2.75) is 25.3 Å². The monoisotopic (exact) mass is 269 g/mol. The van der Waals surface area contributed by atoms with Crippen LogP contribution in [0.5, 0.6) is 0 Å². The Balaban J connectivity index is 1.59. The van der Waals surface area contributed by atoms with Crippen molar-refractivity contribution in [3.8, 4) is 0 Å². The fourth-order valence-corrected chi connectivity index (χ4v) is 3.47. The van der Waals surface area contributed by atoms with E-state index in [0.29, 0.717) is 6.04 Å². The van der Waals surface area contributed by atoms with E-state index in [1.54, 1.807) is 12.4 Å². The van der Waals surface area contributed by atoms with Gasteiger partial charge < -0.3 is 10.2 Å². The molecule has 1 N–H and O–H groups in total. The van der Waals surface area contributed by atoms with Gasteiger partial charge in [-0.25, -0.2) is 9.97 Å². The molecule has 2 aromatic heterocycles. The molecule has 2 unspecified atom stereocenters. The van der Waals surface area contributed by atoms with Gasteiger partial charge in [0.25, 0.3) is 0 Å². The van der Waals surface area contributed by atoms with Gasteiger partial charge in [0.2, 0.25) is 0 Å². The minimum absolute atomic E-state index is 0.709. The van der Waals surface area contributed by atoms with Crippen molar-refractivity contribution in [1.82, 2.24) is 20.3 Å². The van der Waals surface area contributed by atoms with Crippen LogP contribution in [-0.4, -0.2) is 40.6 Å². The van der Waals surface area contributed by atoms with Crippen LogP contribution < -0.4 is 10.2 Å². The number of anilines is 1.